The third kappa shape index (κ3) is 2.46. The lowest BCUT2D eigenvalue weighted by molar-refractivity contribution is 0.383. The van der Waals surface area contributed by atoms with Gasteiger partial charge in [0.25, 0.3) is 0 Å². The highest BCUT2D eigenvalue weighted by atomic mass is 15.3. The molecule has 0 aromatic carbocycles. The first-order valence-corrected chi connectivity index (χ1v) is 6.79. The van der Waals surface area contributed by atoms with E-state index in [9.17, 15) is 0 Å². The van der Waals surface area contributed by atoms with Gasteiger partial charge in [-0.25, -0.2) is 4.98 Å². The Hall–Kier alpha value is -1.23. The van der Waals surface area contributed by atoms with Gasteiger partial charge in [0.2, 0.25) is 5.95 Å². The maximum atomic E-state index is 5.83. The van der Waals surface area contributed by atoms with Crippen LogP contribution in [0.5, 0.6) is 0 Å². The van der Waals surface area contributed by atoms with E-state index >= 15 is 0 Å². The Labute approximate surface area is 109 Å². The van der Waals surface area contributed by atoms with Crippen LogP contribution in [0.1, 0.15) is 38.6 Å². The molecule has 1 aromatic rings. The Balaban J connectivity index is 2.20. The molecular weight excluding hydrogens is 226 g/mol. The van der Waals surface area contributed by atoms with Gasteiger partial charge in [0.1, 0.15) is 0 Å². The number of hydrogen-bond acceptors (Lipinski definition) is 5. The fraction of sp³-hybridized carbons (Fsp3) is 0.769. The molecule has 0 amide bonds. The van der Waals surface area contributed by atoms with Crippen LogP contribution in [0.2, 0.25) is 0 Å². The van der Waals surface area contributed by atoms with Crippen LogP contribution in [0.25, 0.3) is 0 Å². The van der Waals surface area contributed by atoms with Gasteiger partial charge in [0, 0.05) is 13.1 Å². The fourth-order valence-electron chi connectivity index (χ4n) is 2.42. The molecule has 2 N–H and O–H groups in total. The Morgan fingerprint density at radius 3 is 2.50 bits per heavy atom. The number of anilines is 1. The van der Waals surface area contributed by atoms with Crippen LogP contribution >= 0.6 is 0 Å². The van der Waals surface area contributed by atoms with E-state index in [4.69, 9.17) is 5.73 Å². The molecule has 1 unspecified atom stereocenters. The molecule has 0 bridgehead atoms. The zero-order valence-electron chi connectivity index (χ0n) is 11.6. The number of aromatic nitrogens is 3. The normalized spacial score (nSPS) is 23.7. The standard InChI is InChI=1S/C13H23N5/c1-4-10-11(5-2)16-17-12(15-10)18-7-6-13(3,8-14)9-18/h4-9,14H2,1-3H3. The average molecular weight is 249 g/mol. The molecular formula is C13H23N5. The van der Waals surface area contributed by atoms with Crippen molar-refractivity contribution < 1.29 is 0 Å². The molecule has 2 rings (SSSR count). The summed E-state index contributed by atoms with van der Waals surface area (Å²) in [5.74, 6) is 0.765. The molecule has 0 spiro atoms. The van der Waals surface area contributed by atoms with Gasteiger partial charge in [-0.3, -0.25) is 0 Å². The molecule has 0 radical (unpaired) electrons. The quantitative estimate of drug-likeness (QED) is 0.867. The van der Waals surface area contributed by atoms with Gasteiger partial charge in [-0.2, -0.15) is 5.10 Å². The van der Waals surface area contributed by atoms with Crippen LogP contribution in [0.4, 0.5) is 5.95 Å². The molecule has 1 aliphatic heterocycles. The zero-order valence-corrected chi connectivity index (χ0v) is 11.6. The highest BCUT2D eigenvalue weighted by Gasteiger charge is 2.34. The smallest absolute Gasteiger partial charge is 0.245 e. The van der Waals surface area contributed by atoms with E-state index in [0.29, 0.717) is 6.54 Å². The minimum Gasteiger partial charge on any atom is -0.339 e. The average Bonchev–Trinajstić information content (AvgIpc) is 2.81. The summed E-state index contributed by atoms with van der Waals surface area (Å²) in [4.78, 5) is 6.86. The van der Waals surface area contributed by atoms with E-state index < -0.39 is 0 Å². The Morgan fingerprint density at radius 2 is 1.94 bits per heavy atom. The number of aryl methyl sites for hydroxylation is 2. The van der Waals surface area contributed by atoms with Crippen molar-refractivity contribution in [1.82, 2.24) is 15.2 Å². The number of nitrogens with zero attached hydrogens (tertiary/aromatic N) is 4. The van der Waals surface area contributed by atoms with Crippen molar-refractivity contribution in [2.75, 3.05) is 24.5 Å². The maximum Gasteiger partial charge on any atom is 0.245 e. The van der Waals surface area contributed by atoms with Gasteiger partial charge in [0.15, 0.2) is 0 Å². The third-order valence-electron chi connectivity index (χ3n) is 3.83. The number of hydrogen-bond donors (Lipinski definition) is 1. The molecule has 1 saturated heterocycles. The topological polar surface area (TPSA) is 67.9 Å². The summed E-state index contributed by atoms with van der Waals surface area (Å²) in [6.45, 7) is 9.04. The van der Waals surface area contributed by atoms with Crippen molar-refractivity contribution in [3.05, 3.63) is 11.4 Å². The minimum absolute atomic E-state index is 0.194. The van der Waals surface area contributed by atoms with E-state index in [-0.39, 0.29) is 5.41 Å². The second-order valence-electron chi connectivity index (χ2n) is 5.40. The summed E-state index contributed by atoms with van der Waals surface area (Å²) in [5.41, 5.74) is 8.11. The van der Waals surface area contributed by atoms with Crippen LogP contribution in [-0.2, 0) is 12.8 Å². The molecule has 1 atom stereocenters. The van der Waals surface area contributed by atoms with E-state index in [1.165, 1.54) is 0 Å². The van der Waals surface area contributed by atoms with Crippen molar-refractivity contribution in [3.63, 3.8) is 0 Å². The Bertz CT molecular complexity index is 420. The van der Waals surface area contributed by atoms with E-state index in [1.54, 1.807) is 0 Å². The monoisotopic (exact) mass is 249 g/mol. The summed E-state index contributed by atoms with van der Waals surface area (Å²) in [5, 5.41) is 8.56. The Morgan fingerprint density at radius 1 is 1.22 bits per heavy atom. The van der Waals surface area contributed by atoms with Gasteiger partial charge < -0.3 is 10.6 Å². The van der Waals surface area contributed by atoms with Crippen LogP contribution in [0, 0.1) is 5.41 Å². The summed E-state index contributed by atoms with van der Waals surface area (Å²) in [6.07, 6.45) is 2.90. The fourth-order valence-corrected chi connectivity index (χ4v) is 2.42. The molecule has 1 aliphatic rings. The molecule has 1 aromatic heterocycles. The first-order chi connectivity index (χ1) is 8.61. The van der Waals surface area contributed by atoms with Crippen LogP contribution in [0.3, 0.4) is 0 Å². The lowest BCUT2D eigenvalue weighted by Gasteiger charge is -2.22. The number of rotatable bonds is 4. The second kappa shape index (κ2) is 5.18. The molecule has 5 nitrogen and oxygen atoms in total. The highest BCUT2D eigenvalue weighted by molar-refractivity contribution is 5.33. The third-order valence-corrected chi connectivity index (χ3v) is 3.83. The zero-order chi connectivity index (χ0) is 13.2. The van der Waals surface area contributed by atoms with Gasteiger partial charge in [-0.05, 0) is 31.2 Å². The van der Waals surface area contributed by atoms with Crippen LogP contribution in [-0.4, -0.2) is 34.8 Å². The van der Waals surface area contributed by atoms with Gasteiger partial charge >= 0.3 is 0 Å². The van der Waals surface area contributed by atoms with Gasteiger partial charge in [-0.1, -0.05) is 20.8 Å². The minimum atomic E-state index is 0.194. The highest BCUT2D eigenvalue weighted by Crippen LogP contribution is 2.30. The predicted octanol–water partition coefficient (Wildman–Crippen LogP) is 1.17. The van der Waals surface area contributed by atoms with Crippen molar-refractivity contribution >= 4 is 5.95 Å². The largest absolute Gasteiger partial charge is 0.339 e. The van der Waals surface area contributed by atoms with E-state index in [0.717, 1.165) is 49.7 Å². The van der Waals surface area contributed by atoms with Crippen LogP contribution < -0.4 is 10.6 Å². The van der Waals surface area contributed by atoms with Crippen molar-refractivity contribution in [2.24, 2.45) is 11.1 Å². The lowest BCUT2D eigenvalue weighted by atomic mass is 9.90. The summed E-state index contributed by atoms with van der Waals surface area (Å²) in [6, 6.07) is 0. The van der Waals surface area contributed by atoms with Crippen molar-refractivity contribution in [1.29, 1.82) is 0 Å². The molecule has 0 aliphatic carbocycles. The van der Waals surface area contributed by atoms with E-state index in [2.05, 4.69) is 40.9 Å². The molecule has 5 heteroatoms. The SMILES string of the molecule is CCc1nnc(N2CCC(C)(CN)C2)nc1CC. The molecule has 2 heterocycles. The Kier molecular flexibility index (Phi) is 3.80. The van der Waals surface area contributed by atoms with Crippen LogP contribution in [0.15, 0.2) is 0 Å². The molecule has 1 fully saturated rings. The van der Waals surface area contributed by atoms with Gasteiger partial charge in [0.05, 0.1) is 11.4 Å². The van der Waals surface area contributed by atoms with Gasteiger partial charge in [-0.15, -0.1) is 5.10 Å². The maximum absolute atomic E-state index is 5.83. The number of nitrogens with two attached hydrogens (primary N) is 1. The summed E-state index contributed by atoms with van der Waals surface area (Å²) in [7, 11) is 0. The molecule has 18 heavy (non-hydrogen) atoms. The van der Waals surface area contributed by atoms with Crippen molar-refractivity contribution in [2.45, 2.75) is 40.0 Å². The summed E-state index contributed by atoms with van der Waals surface area (Å²) < 4.78 is 0. The lowest BCUT2D eigenvalue weighted by Crippen LogP contribution is -2.32. The predicted molar refractivity (Wildman–Crippen MR) is 72.6 cm³/mol. The molecule has 0 saturated carbocycles. The molecule has 100 valence electrons. The first kappa shape index (κ1) is 13.2. The van der Waals surface area contributed by atoms with Crippen molar-refractivity contribution in [3.8, 4) is 0 Å². The summed E-state index contributed by atoms with van der Waals surface area (Å²) >= 11 is 0. The van der Waals surface area contributed by atoms with E-state index in [1.807, 2.05) is 0 Å². The second-order valence-corrected chi connectivity index (χ2v) is 5.40. The first-order valence-electron chi connectivity index (χ1n) is 6.79.